The van der Waals surface area contributed by atoms with Crippen LogP contribution in [0.25, 0.3) is 0 Å². The summed E-state index contributed by atoms with van der Waals surface area (Å²) in [7, 11) is 1.62. The molecule has 2 aromatic carbocycles. The fourth-order valence-electron chi connectivity index (χ4n) is 4.77. The van der Waals surface area contributed by atoms with Crippen molar-refractivity contribution in [3.63, 3.8) is 0 Å². The smallest absolute Gasteiger partial charge is 0.255 e. The number of benzene rings is 2. The van der Waals surface area contributed by atoms with Crippen molar-refractivity contribution in [3.8, 4) is 5.75 Å². The number of nitrogens with one attached hydrogen (secondary N) is 2. The number of anilines is 1. The number of carbonyl (C=O) groups excluding carboxylic acids is 2. The van der Waals surface area contributed by atoms with Crippen LogP contribution in [0.3, 0.4) is 0 Å². The van der Waals surface area contributed by atoms with Crippen LogP contribution in [0.15, 0.2) is 82.0 Å². The summed E-state index contributed by atoms with van der Waals surface area (Å²) >= 11 is 1.46. The molecule has 2 N–H and O–H groups in total. The van der Waals surface area contributed by atoms with E-state index >= 15 is 0 Å². The Bertz CT molecular complexity index is 1270. The molecule has 3 heterocycles. The molecule has 2 aromatic rings. The Morgan fingerprint density at radius 2 is 2.03 bits per heavy atom. The van der Waals surface area contributed by atoms with E-state index in [0.717, 1.165) is 35.9 Å². The van der Waals surface area contributed by atoms with Crippen molar-refractivity contribution in [2.45, 2.75) is 38.3 Å². The molecule has 2 atom stereocenters. The van der Waals surface area contributed by atoms with Gasteiger partial charge in [0.2, 0.25) is 5.91 Å². The lowest BCUT2D eigenvalue weighted by molar-refractivity contribution is -0.121. The monoisotopic (exact) mass is 518 g/mol. The molecule has 0 spiro atoms. The van der Waals surface area contributed by atoms with Crippen LogP contribution < -0.4 is 15.4 Å². The Balaban J connectivity index is 1.44. The average molecular weight is 519 g/mol. The summed E-state index contributed by atoms with van der Waals surface area (Å²) in [5, 5.41) is 8.70. The number of nitrogens with zero attached hydrogens (tertiary/aromatic N) is 2. The van der Waals surface area contributed by atoms with Gasteiger partial charge in [0.15, 0.2) is 5.17 Å². The first-order valence-corrected chi connectivity index (χ1v) is 13.2. The lowest BCUT2D eigenvalue weighted by Gasteiger charge is -2.36. The number of ether oxygens (including phenoxy) is 2. The van der Waals surface area contributed by atoms with Crippen LogP contribution in [0.4, 0.5) is 5.69 Å². The second-order valence-electron chi connectivity index (χ2n) is 9.11. The Hall–Kier alpha value is -3.56. The number of fused-ring (bicyclic) bond motifs is 1. The number of allylic oxidation sites excluding steroid dienone is 1. The second kappa shape index (κ2) is 11.2. The summed E-state index contributed by atoms with van der Waals surface area (Å²) in [4.78, 5) is 33.3. The van der Waals surface area contributed by atoms with Gasteiger partial charge >= 0.3 is 0 Å². The van der Waals surface area contributed by atoms with E-state index in [1.165, 1.54) is 11.8 Å². The molecular weight excluding hydrogens is 488 g/mol. The first kappa shape index (κ1) is 25.1. The van der Waals surface area contributed by atoms with E-state index in [1.807, 2.05) is 71.8 Å². The molecule has 8 nitrogen and oxygen atoms in total. The number of para-hydroxylation sites is 1. The largest absolute Gasteiger partial charge is 0.497 e. The van der Waals surface area contributed by atoms with Crippen LogP contribution >= 0.6 is 11.8 Å². The number of amides is 2. The van der Waals surface area contributed by atoms with Gasteiger partial charge in [-0.05, 0) is 55.0 Å². The van der Waals surface area contributed by atoms with Crippen LogP contribution in [0.5, 0.6) is 5.75 Å². The lowest BCUT2D eigenvalue weighted by Crippen LogP contribution is -2.39. The second-order valence-corrected chi connectivity index (χ2v) is 9.94. The van der Waals surface area contributed by atoms with Gasteiger partial charge in [0.1, 0.15) is 5.75 Å². The van der Waals surface area contributed by atoms with E-state index in [9.17, 15) is 9.59 Å². The number of amidine groups is 1. The topological polar surface area (TPSA) is 92.3 Å². The van der Waals surface area contributed by atoms with Crippen molar-refractivity contribution in [3.05, 3.63) is 82.5 Å². The van der Waals surface area contributed by atoms with E-state index in [2.05, 4.69) is 10.6 Å². The Morgan fingerprint density at radius 1 is 1.19 bits per heavy atom. The fourth-order valence-corrected chi connectivity index (χ4v) is 5.73. The predicted octanol–water partition coefficient (Wildman–Crippen LogP) is 4.59. The lowest BCUT2D eigenvalue weighted by atomic mass is 9.93. The minimum Gasteiger partial charge on any atom is -0.497 e. The first-order chi connectivity index (χ1) is 18.0. The zero-order valence-corrected chi connectivity index (χ0v) is 21.7. The summed E-state index contributed by atoms with van der Waals surface area (Å²) < 4.78 is 11.1. The van der Waals surface area contributed by atoms with Crippen molar-refractivity contribution in [1.82, 2.24) is 10.2 Å². The molecule has 192 valence electrons. The van der Waals surface area contributed by atoms with Gasteiger partial charge in [0, 0.05) is 24.5 Å². The maximum atomic E-state index is 13.7. The Morgan fingerprint density at radius 3 is 2.78 bits per heavy atom. The first-order valence-electron chi connectivity index (χ1n) is 12.4. The average Bonchev–Trinajstić information content (AvgIpc) is 3.57. The van der Waals surface area contributed by atoms with Gasteiger partial charge in [-0.2, -0.15) is 0 Å². The third-order valence-electron chi connectivity index (χ3n) is 6.58. The van der Waals surface area contributed by atoms with Gasteiger partial charge in [-0.25, -0.2) is 4.99 Å². The minimum atomic E-state index is -0.474. The normalized spacial score (nSPS) is 20.8. The number of thioether (sulfide) groups is 1. The van der Waals surface area contributed by atoms with Crippen LogP contribution in [0.2, 0.25) is 0 Å². The zero-order chi connectivity index (χ0) is 25.8. The number of hydrogen-bond donors (Lipinski definition) is 2. The molecule has 0 bridgehead atoms. The highest BCUT2D eigenvalue weighted by molar-refractivity contribution is 8.16. The van der Waals surface area contributed by atoms with Gasteiger partial charge < -0.3 is 25.0 Å². The van der Waals surface area contributed by atoms with Gasteiger partial charge in [0.25, 0.3) is 5.91 Å². The maximum Gasteiger partial charge on any atom is 0.255 e. The van der Waals surface area contributed by atoms with Crippen molar-refractivity contribution in [1.29, 1.82) is 0 Å². The van der Waals surface area contributed by atoms with Gasteiger partial charge in [-0.15, -0.1) is 0 Å². The zero-order valence-electron chi connectivity index (χ0n) is 20.9. The van der Waals surface area contributed by atoms with E-state index in [0.29, 0.717) is 29.3 Å². The number of carbonyl (C=O) groups is 2. The van der Waals surface area contributed by atoms with Gasteiger partial charge in [-0.3, -0.25) is 9.59 Å². The standard InChI is InChI=1S/C28H30N4O4S/c1-18-25(27(34)31-20-9-4-3-5-10-20)26(19-8-6-11-22(14-19)35-2)32-21(17-37-28(32)30-18)15-24(33)29-16-23-12-7-13-36-23/h3-6,8-11,14,17,23,26H,7,12-13,15-16H2,1-2H3,(H,29,33)(H,31,34). The highest BCUT2D eigenvalue weighted by atomic mass is 32.2. The van der Waals surface area contributed by atoms with E-state index in [4.69, 9.17) is 14.5 Å². The summed E-state index contributed by atoms with van der Waals surface area (Å²) in [5.41, 5.74) is 3.52. The molecule has 37 heavy (non-hydrogen) atoms. The molecule has 0 aliphatic carbocycles. The number of hydrogen-bond acceptors (Lipinski definition) is 7. The highest BCUT2D eigenvalue weighted by Gasteiger charge is 2.40. The number of methoxy groups -OCH3 is 1. The fraction of sp³-hybridized carbons (Fsp3) is 0.321. The molecule has 2 unspecified atom stereocenters. The molecule has 0 radical (unpaired) electrons. The van der Waals surface area contributed by atoms with E-state index in [1.54, 1.807) is 7.11 Å². The van der Waals surface area contributed by atoms with Crippen LogP contribution in [0, 0.1) is 0 Å². The van der Waals surface area contributed by atoms with E-state index in [-0.39, 0.29) is 24.3 Å². The van der Waals surface area contributed by atoms with Crippen LogP contribution in [-0.2, 0) is 14.3 Å². The van der Waals surface area contributed by atoms with Crippen molar-refractivity contribution < 1.29 is 19.1 Å². The van der Waals surface area contributed by atoms with Gasteiger partial charge in [0.05, 0.1) is 36.9 Å². The molecule has 0 aromatic heterocycles. The van der Waals surface area contributed by atoms with Crippen LogP contribution in [-0.4, -0.2) is 48.2 Å². The predicted molar refractivity (Wildman–Crippen MR) is 145 cm³/mol. The summed E-state index contributed by atoms with van der Waals surface area (Å²) in [6, 6.07) is 16.5. The van der Waals surface area contributed by atoms with Crippen LogP contribution in [0.1, 0.15) is 37.8 Å². The van der Waals surface area contributed by atoms with Crippen molar-refractivity contribution >= 4 is 34.4 Å². The molecule has 0 saturated carbocycles. The third-order valence-corrected chi connectivity index (χ3v) is 7.47. The SMILES string of the molecule is COc1cccc(C2C(C(=O)Nc3ccccc3)=C(C)N=C3SC=C(CC(=O)NCC4CCCO4)N32)c1. The maximum absolute atomic E-state index is 13.7. The Labute approximate surface area is 220 Å². The number of rotatable bonds is 8. The van der Waals surface area contributed by atoms with Gasteiger partial charge in [-0.1, -0.05) is 42.1 Å². The molecular formula is C28H30N4O4S. The third kappa shape index (κ3) is 5.57. The van der Waals surface area contributed by atoms with E-state index < -0.39 is 6.04 Å². The number of aliphatic imine (C=N–C) groups is 1. The molecule has 3 aliphatic rings. The quantitative estimate of drug-likeness (QED) is 0.531. The molecule has 1 saturated heterocycles. The summed E-state index contributed by atoms with van der Waals surface area (Å²) in [6.45, 7) is 3.10. The highest BCUT2D eigenvalue weighted by Crippen LogP contribution is 2.45. The van der Waals surface area contributed by atoms with Crippen molar-refractivity contribution in [2.75, 3.05) is 25.6 Å². The summed E-state index contributed by atoms with van der Waals surface area (Å²) in [6.07, 6.45) is 2.24. The molecule has 9 heteroatoms. The molecule has 3 aliphatic heterocycles. The van der Waals surface area contributed by atoms with Crippen molar-refractivity contribution in [2.24, 2.45) is 4.99 Å². The molecule has 2 amide bonds. The molecule has 5 rings (SSSR count). The summed E-state index contributed by atoms with van der Waals surface area (Å²) in [5.74, 6) is 0.363. The molecule has 1 fully saturated rings. The minimum absolute atomic E-state index is 0.0754. The Kier molecular flexibility index (Phi) is 7.62.